The van der Waals surface area contributed by atoms with Gasteiger partial charge in [-0.25, -0.2) is 9.59 Å². The summed E-state index contributed by atoms with van der Waals surface area (Å²) in [5.41, 5.74) is -1.39. The summed E-state index contributed by atoms with van der Waals surface area (Å²) in [7, 11) is 0. The summed E-state index contributed by atoms with van der Waals surface area (Å²) in [5.74, 6) is -1.52. The van der Waals surface area contributed by atoms with Crippen molar-refractivity contribution in [3.63, 3.8) is 0 Å². The lowest BCUT2D eigenvalue weighted by Crippen LogP contribution is -2.54. The Morgan fingerprint density at radius 1 is 1.26 bits per heavy atom. The Kier molecular flexibility index (Phi) is 6.84. The number of hydrogen-bond acceptors (Lipinski definition) is 5. The van der Waals surface area contributed by atoms with Crippen molar-refractivity contribution in [1.82, 2.24) is 5.32 Å². The van der Waals surface area contributed by atoms with Crippen LogP contribution >= 0.6 is 0 Å². The SMILES string of the molecule is CCC(=O)O[C@H](OC(=O)N[C@@](C)(CC1CCC1)C(=O)O)C(C)C. The third-order valence-corrected chi connectivity index (χ3v) is 4.08. The Morgan fingerprint density at radius 2 is 1.87 bits per heavy atom. The maximum absolute atomic E-state index is 12.0. The smallest absolute Gasteiger partial charge is 0.411 e. The maximum Gasteiger partial charge on any atom is 0.411 e. The summed E-state index contributed by atoms with van der Waals surface area (Å²) in [6, 6.07) is 0. The van der Waals surface area contributed by atoms with E-state index in [9.17, 15) is 19.5 Å². The average molecular weight is 329 g/mol. The molecule has 0 aliphatic heterocycles. The van der Waals surface area contributed by atoms with Crippen LogP contribution in [0.3, 0.4) is 0 Å². The van der Waals surface area contributed by atoms with Gasteiger partial charge >= 0.3 is 18.0 Å². The zero-order valence-electron chi connectivity index (χ0n) is 14.3. The number of carbonyl (C=O) groups excluding carboxylic acids is 2. The fourth-order valence-electron chi connectivity index (χ4n) is 2.34. The highest BCUT2D eigenvalue weighted by molar-refractivity contribution is 5.84. The number of rotatable bonds is 8. The van der Waals surface area contributed by atoms with Crippen LogP contribution in [0.2, 0.25) is 0 Å². The molecule has 7 heteroatoms. The number of aliphatic carboxylic acids is 1. The van der Waals surface area contributed by atoms with E-state index in [-0.39, 0.29) is 12.3 Å². The molecule has 1 amide bonds. The van der Waals surface area contributed by atoms with E-state index >= 15 is 0 Å². The molecule has 0 radical (unpaired) electrons. The van der Waals surface area contributed by atoms with Crippen LogP contribution in [-0.4, -0.2) is 35.0 Å². The molecule has 0 aromatic carbocycles. The highest BCUT2D eigenvalue weighted by atomic mass is 16.7. The second-order valence-corrected chi connectivity index (χ2v) is 6.62. The lowest BCUT2D eigenvalue weighted by Gasteiger charge is -2.34. The number of alkyl carbamates (subject to hydrolysis) is 1. The fraction of sp³-hybridized carbons (Fsp3) is 0.812. The second kappa shape index (κ2) is 8.17. The molecule has 0 saturated heterocycles. The first-order valence-corrected chi connectivity index (χ1v) is 8.09. The molecule has 132 valence electrons. The van der Waals surface area contributed by atoms with Crippen molar-refractivity contribution >= 4 is 18.0 Å². The van der Waals surface area contributed by atoms with Crippen molar-refractivity contribution in [1.29, 1.82) is 0 Å². The summed E-state index contributed by atoms with van der Waals surface area (Å²) in [4.78, 5) is 34.9. The quantitative estimate of drug-likeness (QED) is 0.524. The summed E-state index contributed by atoms with van der Waals surface area (Å²) >= 11 is 0. The van der Waals surface area contributed by atoms with Crippen molar-refractivity contribution < 1.29 is 29.0 Å². The highest BCUT2D eigenvalue weighted by Crippen LogP contribution is 2.33. The number of ether oxygens (including phenoxy) is 2. The predicted octanol–water partition coefficient (Wildman–Crippen LogP) is 2.68. The van der Waals surface area contributed by atoms with Gasteiger partial charge in [0.15, 0.2) is 0 Å². The van der Waals surface area contributed by atoms with E-state index in [0.29, 0.717) is 12.3 Å². The summed E-state index contributed by atoms with van der Waals surface area (Å²) in [6.07, 6.45) is 1.64. The molecule has 0 spiro atoms. The van der Waals surface area contributed by atoms with Gasteiger partial charge < -0.3 is 19.9 Å². The third kappa shape index (κ3) is 5.73. The van der Waals surface area contributed by atoms with E-state index in [1.165, 1.54) is 6.92 Å². The van der Waals surface area contributed by atoms with Crippen LogP contribution in [0.1, 0.15) is 59.8 Å². The highest BCUT2D eigenvalue weighted by Gasteiger charge is 2.40. The summed E-state index contributed by atoms with van der Waals surface area (Å²) < 4.78 is 10.2. The molecule has 0 heterocycles. The Bertz CT molecular complexity index is 446. The number of nitrogens with one attached hydrogen (secondary N) is 1. The second-order valence-electron chi connectivity index (χ2n) is 6.62. The van der Waals surface area contributed by atoms with Gasteiger partial charge in [0.05, 0.1) is 0 Å². The molecule has 2 atom stereocenters. The van der Waals surface area contributed by atoms with Gasteiger partial charge in [0.2, 0.25) is 0 Å². The van der Waals surface area contributed by atoms with Crippen LogP contribution in [0, 0.1) is 11.8 Å². The Hall–Kier alpha value is -1.79. The molecule has 1 aliphatic carbocycles. The number of carboxylic acid groups (broad SMARTS) is 1. The van der Waals surface area contributed by atoms with Crippen molar-refractivity contribution in [3.05, 3.63) is 0 Å². The zero-order chi connectivity index (χ0) is 17.6. The van der Waals surface area contributed by atoms with Crippen molar-refractivity contribution in [2.24, 2.45) is 11.8 Å². The number of esters is 1. The lowest BCUT2D eigenvalue weighted by atomic mass is 9.76. The Labute approximate surface area is 136 Å². The minimum absolute atomic E-state index is 0.169. The van der Waals surface area contributed by atoms with E-state index in [0.717, 1.165) is 19.3 Å². The molecule has 1 fully saturated rings. The molecule has 0 aromatic rings. The van der Waals surface area contributed by atoms with Gasteiger partial charge in [-0.05, 0) is 19.3 Å². The molecule has 0 aromatic heterocycles. The van der Waals surface area contributed by atoms with Gasteiger partial charge in [0, 0.05) is 12.3 Å². The largest absolute Gasteiger partial charge is 0.480 e. The van der Waals surface area contributed by atoms with Gasteiger partial charge in [-0.15, -0.1) is 0 Å². The van der Waals surface area contributed by atoms with E-state index < -0.39 is 29.9 Å². The van der Waals surface area contributed by atoms with Gasteiger partial charge in [-0.1, -0.05) is 40.0 Å². The van der Waals surface area contributed by atoms with Gasteiger partial charge in [-0.3, -0.25) is 4.79 Å². The van der Waals surface area contributed by atoms with E-state index in [1.807, 2.05) is 0 Å². The van der Waals surface area contributed by atoms with Gasteiger partial charge in [0.1, 0.15) is 5.54 Å². The number of carbonyl (C=O) groups is 3. The van der Waals surface area contributed by atoms with Crippen LogP contribution in [0.25, 0.3) is 0 Å². The van der Waals surface area contributed by atoms with Crippen LogP contribution in [0.5, 0.6) is 0 Å². The van der Waals surface area contributed by atoms with Crippen molar-refractivity contribution in [3.8, 4) is 0 Å². The molecular weight excluding hydrogens is 302 g/mol. The van der Waals surface area contributed by atoms with Crippen LogP contribution in [-0.2, 0) is 19.1 Å². The van der Waals surface area contributed by atoms with Crippen molar-refractivity contribution in [2.45, 2.75) is 71.6 Å². The number of hydrogen-bond donors (Lipinski definition) is 2. The monoisotopic (exact) mass is 329 g/mol. The first-order chi connectivity index (χ1) is 10.7. The molecule has 7 nitrogen and oxygen atoms in total. The Balaban J connectivity index is 2.65. The summed E-state index contributed by atoms with van der Waals surface area (Å²) in [6.45, 7) is 6.59. The number of amides is 1. The maximum atomic E-state index is 12.0. The Morgan fingerprint density at radius 3 is 2.26 bits per heavy atom. The molecule has 1 aliphatic rings. The number of carboxylic acids is 1. The lowest BCUT2D eigenvalue weighted by molar-refractivity contribution is -0.175. The van der Waals surface area contributed by atoms with E-state index in [1.54, 1.807) is 20.8 Å². The van der Waals surface area contributed by atoms with Crippen LogP contribution in [0.15, 0.2) is 0 Å². The molecule has 1 saturated carbocycles. The van der Waals surface area contributed by atoms with Crippen LogP contribution < -0.4 is 5.32 Å². The summed E-state index contributed by atoms with van der Waals surface area (Å²) in [5, 5.41) is 11.8. The average Bonchev–Trinajstić information content (AvgIpc) is 2.41. The van der Waals surface area contributed by atoms with E-state index in [2.05, 4.69) is 5.32 Å². The minimum Gasteiger partial charge on any atom is -0.480 e. The topological polar surface area (TPSA) is 102 Å². The third-order valence-electron chi connectivity index (χ3n) is 4.08. The van der Waals surface area contributed by atoms with Gasteiger partial charge in [-0.2, -0.15) is 0 Å². The first kappa shape index (κ1) is 19.3. The molecular formula is C16H27NO6. The fourth-order valence-corrected chi connectivity index (χ4v) is 2.34. The standard InChI is InChI=1S/C16H27NO6/c1-5-12(18)22-13(10(2)3)23-15(21)17-16(4,14(19)20)9-11-7-6-8-11/h10-11,13H,5-9H2,1-4H3,(H,17,21)(H,19,20)/t13-,16+/m1/s1. The van der Waals surface area contributed by atoms with Gasteiger partial charge in [0.25, 0.3) is 6.29 Å². The molecule has 0 unspecified atom stereocenters. The molecule has 1 rings (SSSR count). The molecule has 0 bridgehead atoms. The molecule has 2 N–H and O–H groups in total. The minimum atomic E-state index is -1.39. The molecule has 23 heavy (non-hydrogen) atoms. The first-order valence-electron chi connectivity index (χ1n) is 8.09. The predicted molar refractivity (Wildman–Crippen MR) is 82.6 cm³/mol. The van der Waals surface area contributed by atoms with E-state index in [4.69, 9.17) is 9.47 Å². The van der Waals surface area contributed by atoms with Crippen LogP contribution in [0.4, 0.5) is 4.79 Å². The zero-order valence-corrected chi connectivity index (χ0v) is 14.3. The normalized spacial score (nSPS) is 18.5. The van der Waals surface area contributed by atoms with Crippen molar-refractivity contribution in [2.75, 3.05) is 0 Å².